The minimum atomic E-state index is -0.951. The normalized spacial score (nSPS) is 11.4. The average Bonchev–Trinajstić information content (AvgIpc) is 3.00. The number of carboxylic acid groups (broad SMARTS) is 1. The summed E-state index contributed by atoms with van der Waals surface area (Å²) in [6, 6.07) is 12.4. The van der Waals surface area contributed by atoms with Crippen LogP contribution in [-0.2, 0) is 11.3 Å². The van der Waals surface area contributed by atoms with Crippen molar-refractivity contribution in [1.82, 2.24) is 15.3 Å². The van der Waals surface area contributed by atoms with Crippen LogP contribution in [0.3, 0.4) is 0 Å². The van der Waals surface area contributed by atoms with Gasteiger partial charge in [-0.05, 0) is 56.2 Å². The summed E-state index contributed by atoms with van der Waals surface area (Å²) >= 11 is 0. The zero-order valence-electron chi connectivity index (χ0n) is 15.4. The Balaban J connectivity index is 1.75. The van der Waals surface area contributed by atoms with Crippen LogP contribution >= 0.6 is 0 Å². The van der Waals surface area contributed by atoms with Gasteiger partial charge in [0.15, 0.2) is 0 Å². The Hall–Kier alpha value is -3.35. The van der Waals surface area contributed by atoms with E-state index in [9.17, 15) is 9.59 Å². The predicted molar refractivity (Wildman–Crippen MR) is 102 cm³/mol. The molecule has 0 unspecified atom stereocenters. The summed E-state index contributed by atoms with van der Waals surface area (Å²) in [6.45, 7) is 5.64. The lowest BCUT2D eigenvalue weighted by Gasteiger charge is -2.19. The number of alkyl carbamates (subject to hydrolysis) is 1. The maximum absolute atomic E-state index is 11.7. The number of nitrogens with one attached hydrogen (secondary N) is 2. The standard InChI is InChI=1S/C20H21N3O4/c1-20(2,3)27-19(26)21-11-17-22-15-9-8-14(10-16(15)23-17)12-4-6-13(7-5-12)18(24)25/h4-10H,11H2,1-3H3,(H,21,26)(H,22,23)(H,24,25). The molecule has 0 bridgehead atoms. The van der Waals surface area contributed by atoms with Crippen molar-refractivity contribution in [1.29, 1.82) is 0 Å². The van der Waals surface area contributed by atoms with Gasteiger partial charge in [-0.2, -0.15) is 0 Å². The van der Waals surface area contributed by atoms with Gasteiger partial charge in [0.2, 0.25) is 0 Å². The third-order valence-corrected chi connectivity index (χ3v) is 3.80. The molecule has 2 aromatic carbocycles. The van der Waals surface area contributed by atoms with Crippen LogP contribution in [0, 0.1) is 0 Å². The number of aromatic nitrogens is 2. The summed E-state index contributed by atoms with van der Waals surface area (Å²) in [5.74, 6) is -0.332. The summed E-state index contributed by atoms with van der Waals surface area (Å²) < 4.78 is 5.20. The summed E-state index contributed by atoms with van der Waals surface area (Å²) in [7, 11) is 0. The number of aromatic carboxylic acids is 1. The number of hydrogen-bond donors (Lipinski definition) is 3. The molecule has 7 heteroatoms. The Morgan fingerprint density at radius 1 is 1.11 bits per heavy atom. The Morgan fingerprint density at radius 2 is 1.78 bits per heavy atom. The van der Waals surface area contributed by atoms with Crippen LogP contribution < -0.4 is 5.32 Å². The zero-order chi connectivity index (χ0) is 19.6. The molecule has 0 atom stereocenters. The molecule has 3 rings (SSSR count). The molecule has 0 aliphatic rings. The highest BCUT2D eigenvalue weighted by molar-refractivity contribution is 5.89. The fourth-order valence-electron chi connectivity index (χ4n) is 2.60. The van der Waals surface area contributed by atoms with Crippen LogP contribution in [-0.4, -0.2) is 32.7 Å². The van der Waals surface area contributed by atoms with E-state index in [1.165, 1.54) is 0 Å². The van der Waals surface area contributed by atoms with Crippen molar-refractivity contribution in [2.45, 2.75) is 32.9 Å². The molecule has 0 aliphatic carbocycles. The predicted octanol–water partition coefficient (Wildman–Crippen LogP) is 3.95. The number of ether oxygens (including phenoxy) is 1. The van der Waals surface area contributed by atoms with Gasteiger partial charge in [-0.3, -0.25) is 0 Å². The molecule has 0 saturated heterocycles. The van der Waals surface area contributed by atoms with E-state index >= 15 is 0 Å². The minimum absolute atomic E-state index is 0.228. The fraction of sp³-hybridized carbons (Fsp3) is 0.250. The number of imidazole rings is 1. The lowest BCUT2D eigenvalue weighted by Crippen LogP contribution is -2.32. The van der Waals surface area contributed by atoms with Gasteiger partial charge in [0, 0.05) is 0 Å². The lowest BCUT2D eigenvalue weighted by molar-refractivity contribution is 0.0521. The summed E-state index contributed by atoms with van der Waals surface area (Å²) in [6.07, 6.45) is -0.498. The average molecular weight is 367 g/mol. The van der Waals surface area contributed by atoms with Gasteiger partial charge in [-0.15, -0.1) is 0 Å². The molecule has 1 heterocycles. The molecule has 7 nitrogen and oxygen atoms in total. The number of carbonyl (C=O) groups is 2. The third kappa shape index (κ3) is 4.63. The van der Waals surface area contributed by atoms with E-state index in [2.05, 4.69) is 15.3 Å². The van der Waals surface area contributed by atoms with E-state index in [-0.39, 0.29) is 12.1 Å². The number of carbonyl (C=O) groups excluding carboxylic acids is 1. The first-order valence-corrected chi connectivity index (χ1v) is 8.50. The number of aromatic amines is 1. The maximum atomic E-state index is 11.7. The monoisotopic (exact) mass is 367 g/mol. The third-order valence-electron chi connectivity index (χ3n) is 3.80. The van der Waals surface area contributed by atoms with Crippen molar-refractivity contribution in [3.63, 3.8) is 0 Å². The highest BCUT2D eigenvalue weighted by Crippen LogP contribution is 2.24. The highest BCUT2D eigenvalue weighted by Gasteiger charge is 2.16. The Kier molecular flexibility index (Phi) is 4.85. The number of H-pyrrole nitrogens is 1. The Labute approximate surface area is 156 Å². The summed E-state index contributed by atoms with van der Waals surface area (Å²) in [5.41, 5.74) is 3.15. The van der Waals surface area contributed by atoms with E-state index < -0.39 is 17.7 Å². The van der Waals surface area contributed by atoms with Gasteiger partial charge in [-0.25, -0.2) is 14.6 Å². The van der Waals surface area contributed by atoms with Crippen molar-refractivity contribution in [2.24, 2.45) is 0 Å². The van der Waals surface area contributed by atoms with E-state index in [0.29, 0.717) is 5.82 Å². The van der Waals surface area contributed by atoms with Crippen LogP contribution in [0.25, 0.3) is 22.2 Å². The number of amides is 1. The molecule has 0 saturated carbocycles. The Morgan fingerprint density at radius 3 is 2.41 bits per heavy atom. The molecular formula is C20H21N3O4. The van der Waals surface area contributed by atoms with Crippen LogP contribution in [0.2, 0.25) is 0 Å². The van der Waals surface area contributed by atoms with E-state index in [1.807, 2.05) is 18.2 Å². The molecule has 3 aromatic rings. The molecule has 1 amide bonds. The molecule has 1 aromatic heterocycles. The number of carboxylic acids is 1. The van der Waals surface area contributed by atoms with Gasteiger partial charge in [-0.1, -0.05) is 18.2 Å². The molecule has 27 heavy (non-hydrogen) atoms. The minimum Gasteiger partial charge on any atom is -0.478 e. The largest absolute Gasteiger partial charge is 0.478 e. The topological polar surface area (TPSA) is 104 Å². The number of nitrogens with zero attached hydrogens (tertiary/aromatic N) is 1. The van der Waals surface area contributed by atoms with Crippen LogP contribution in [0.1, 0.15) is 37.0 Å². The lowest BCUT2D eigenvalue weighted by atomic mass is 10.0. The quantitative estimate of drug-likeness (QED) is 0.647. The maximum Gasteiger partial charge on any atom is 0.408 e. The van der Waals surface area contributed by atoms with Crippen molar-refractivity contribution >= 4 is 23.1 Å². The SMILES string of the molecule is CC(C)(C)OC(=O)NCc1nc2ccc(-c3ccc(C(=O)O)cc3)cc2[nH]1. The molecule has 0 radical (unpaired) electrons. The molecular weight excluding hydrogens is 346 g/mol. The zero-order valence-corrected chi connectivity index (χ0v) is 15.4. The number of benzene rings is 2. The van der Waals surface area contributed by atoms with Crippen molar-refractivity contribution in [3.8, 4) is 11.1 Å². The van der Waals surface area contributed by atoms with Crippen molar-refractivity contribution in [3.05, 3.63) is 53.9 Å². The molecule has 0 aliphatic heterocycles. The molecule has 3 N–H and O–H groups in total. The second-order valence-electron chi connectivity index (χ2n) is 7.15. The number of hydrogen-bond acceptors (Lipinski definition) is 4. The highest BCUT2D eigenvalue weighted by atomic mass is 16.6. The smallest absolute Gasteiger partial charge is 0.408 e. The second-order valence-corrected chi connectivity index (χ2v) is 7.15. The van der Waals surface area contributed by atoms with E-state index in [0.717, 1.165) is 22.2 Å². The van der Waals surface area contributed by atoms with Crippen molar-refractivity contribution < 1.29 is 19.4 Å². The van der Waals surface area contributed by atoms with E-state index in [4.69, 9.17) is 9.84 Å². The van der Waals surface area contributed by atoms with Crippen LogP contribution in [0.4, 0.5) is 4.79 Å². The molecule has 0 fully saturated rings. The van der Waals surface area contributed by atoms with E-state index in [1.54, 1.807) is 45.0 Å². The first-order valence-electron chi connectivity index (χ1n) is 8.50. The van der Waals surface area contributed by atoms with Gasteiger partial charge < -0.3 is 20.1 Å². The van der Waals surface area contributed by atoms with Crippen molar-refractivity contribution in [2.75, 3.05) is 0 Å². The number of rotatable bonds is 4. The summed E-state index contributed by atoms with van der Waals surface area (Å²) in [5, 5.41) is 11.7. The Bertz CT molecular complexity index is 985. The van der Waals surface area contributed by atoms with Gasteiger partial charge >= 0.3 is 12.1 Å². The first kappa shape index (κ1) is 18.4. The molecule has 0 spiro atoms. The van der Waals surface area contributed by atoms with Crippen LogP contribution in [0.15, 0.2) is 42.5 Å². The number of fused-ring (bicyclic) bond motifs is 1. The molecule has 140 valence electrons. The summed E-state index contributed by atoms with van der Waals surface area (Å²) in [4.78, 5) is 30.3. The first-order chi connectivity index (χ1) is 12.7. The second kappa shape index (κ2) is 7.11. The van der Waals surface area contributed by atoms with Gasteiger partial charge in [0.05, 0.1) is 23.1 Å². The van der Waals surface area contributed by atoms with Gasteiger partial charge in [0.1, 0.15) is 11.4 Å². The fourth-order valence-corrected chi connectivity index (χ4v) is 2.60. The van der Waals surface area contributed by atoms with Gasteiger partial charge in [0.25, 0.3) is 0 Å². The van der Waals surface area contributed by atoms with Crippen LogP contribution in [0.5, 0.6) is 0 Å².